The predicted octanol–water partition coefficient (Wildman–Crippen LogP) is 7.33. The van der Waals surface area contributed by atoms with Gasteiger partial charge < -0.3 is 13.9 Å². The number of rotatable bonds is 8. The molecule has 1 spiro atoms. The van der Waals surface area contributed by atoms with Crippen LogP contribution in [0.3, 0.4) is 0 Å². The summed E-state index contributed by atoms with van der Waals surface area (Å²) in [5.41, 5.74) is 0.820. The van der Waals surface area contributed by atoms with Crippen LogP contribution < -0.4 is 0 Å². The first-order valence-electron chi connectivity index (χ1n) is 12.3. The molecule has 0 aliphatic heterocycles. The lowest BCUT2D eigenvalue weighted by molar-refractivity contribution is -0.112. The molecule has 0 aromatic rings. The van der Waals surface area contributed by atoms with E-state index in [0.29, 0.717) is 28.8 Å². The summed E-state index contributed by atoms with van der Waals surface area (Å²) < 4.78 is 17.9. The first kappa shape index (κ1) is 24.5. The Balaban J connectivity index is 1.66. The zero-order valence-electron chi connectivity index (χ0n) is 21.3. The third kappa shape index (κ3) is 4.49. The molecule has 0 N–H and O–H groups in total. The molecule has 4 heteroatoms. The van der Waals surface area contributed by atoms with Gasteiger partial charge in [0.25, 0.3) is 0 Å². The molecule has 3 saturated carbocycles. The average Bonchev–Trinajstić information content (AvgIpc) is 3.24. The summed E-state index contributed by atoms with van der Waals surface area (Å²) >= 11 is 0. The van der Waals surface area contributed by atoms with Crippen LogP contribution in [0.15, 0.2) is 12.2 Å². The van der Waals surface area contributed by atoms with Gasteiger partial charge in [-0.2, -0.15) is 0 Å². The number of allylic oxidation sites excluding steroid dienone is 1. The van der Waals surface area contributed by atoms with Crippen molar-refractivity contribution in [3.8, 4) is 0 Å². The molecule has 0 amide bonds. The highest BCUT2D eigenvalue weighted by molar-refractivity contribution is 6.74. The van der Waals surface area contributed by atoms with E-state index in [1.54, 1.807) is 7.11 Å². The Bertz CT molecular complexity index is 635. The van der Waals surface area contributed by atoms with Gasteiger partial charge in [-0.3, -0.25) is 0 Å². The topological polar surface area (TPSA) is 27.7 Å². The van der Waals surface area contributed by atoms with Crippen molar-refractivity contribution in [2.24, 2.45) is 22.7 Å². The summed E-state index contributed by atoms with van der Waals surface area (Å²) in [6.07, 6.45) is 14.5. The summed E-state index contributed by atoms with van der Waals surface area (Å²) in [5.74, 6) is 1.50. The number of fused-ring (bicyclic) bond motifs is 2. The lowest BCUT2D eigenvalue weighted by Gasteiger charge is -2.49. The van der Waals surface area contributed by atoms with Crippen molar-refractivity contribution < 1.29 is 13.9 Å². The van der Waals surface area contributed by atoms with E-state index in [1.807, 2.05) is 0 Å². The fourth-order valence-electron chi connectivity index (χ4n) is 6.31. The van der Waals surface area contributed by atoms with Crippen LogP contribution in [-0.4, -0.2) is 33.9 Å². The van der Waals surface area contributed by atoms with Crippen molar-refractivity contribution >= 4 is 8.32 Å². The lowest BCUT2D eigenvalue weighted by atomic mass is 9.62. The fourth-order valence-corrected chi connectivity index (χ4v) is 7.70. The molecule has 3 rings (SSSR count). The van der Waals surface area contributed by atoms with Gasteiger partial charge in [0, 0.05) is 13.2 Å². The monoisotopic (exact) mass is 436 g/mol. The van der Waals surface area contributed by atoms with E-state index in [4.69, 9.17) is 13.9 Å². The standard InChI is InChI=1S/C26H48O3Si/c1-23(2,3)30(8,9)29-22-13-11-16-25(6)21(22)14-17-26(25)18-20(26)12-10-15-24(4,5)28-19-27-7/h10,12,20-22H,11,13-19H2,1-9H3/b12-10-/t20-,21-,22-,25-,26-/m0/s1. The van der Waals surface area contributed by atoms with Gasteiger partial charge in [-0.1, -0.05) is 46.3 Å². The van der Waals surface area contributed by atoms with Crippen LogP contribution in [0.4, 0.5) is 0 Å². The highest BCUT2D eigenvalue weighted by Crippen LogP contribution is 2.76. The van der Waals surface area contributed by atoms with E-state index in [0.717, 1.165) is 18.3 Å². The van der Waals surface area contributed by atoms with Gasteiger partial charge >= 0.3 is 0 Å². The zero-order valence-corrected chi connectivity index (χ0v) is 22.3. The molecule has 3 fully saturated rings. The summed E-state index contributed by atoms with van der Waals surface area (Å²) in [6.45, 7) is 19.3. The van der Waals surface area contributed by atoms with Gasteiger partial charge in [0.05, 0.1) is 5.60 Å². The van der Waals surface area contributed by atoms with E-state index < -0.39 is 8.32 Å². The average molecular weight is 437 g/mol. The molecule has 0 aromatic carbocycles. The Kier molecular flexibility index (Phi) is 6.79. The smallest absolute Gasteiger partial charge is 0.192 e. The molecular weight excluding hydrogens is 388 g/mol. The normalized spacial score (nSPS) is 37.2. The van der Waals surface area contributed by atoms with Crippen LogP contribution in [0, 0.1) is 22.7 Å². The molecule has 0 saturated heterocycles. The van der Waals surface area contributed by atoms with E-state index in [1.165, 1.54) is 38.5 Å². The minimum atomic E-state index is -1.72. The lowest BCUT2D eigenvalue weighted by Crippen LogP contribution is -2.50. The van der Waals surface area contributed by atoms with Crippen LogP contribution >= 0.6 is 0 Å². The first-order valence-corrected chi connectivity index (χ1v) is 15.2. The molecule has 30 heavy (non-hydrogen) atoms. The van der Waals surface area contributed by atoms with E-state index in [-0.39, 0.29) is 5.60 Å². The maximum absolute atomic E-state index is 7.03. The van der Waals surface area contributed by atoms with Crippen molar-refractivity contribution in [2.75, 3.05) is 13.9 Å². The summed E-state index contributed by atoms with van der Waals surface area (Å²) in [6, 6.07) is 0. The van der Waals surface area contributed by atoms with Crippen LogP contribution in [0.25, 0.3) is 0 Å². The Morgan fingerprint density at radius 1 is 1.07 bits per heavy atom. The van der Waals surface area contributed by atoms with Gasteiger partial charge in [0.2, 0.25) is 0 Å². The number of methoxy groups -OCH3 is 1. The van der Waals surface area contributed by atoms with Gasteiger partial charge in [-0.25, -0.2) is 0 Å². The number of hydrogen-bond acceptors (Lipinski definition) is 3. The van der Waals surface area contributed by atoms with Gasteiger partial charge in [-0.05, 0) is 93.2 Å². The van der Waals surface area contributed by atoms with Crippen LogP contribution in [0.1, 0.15) is 86.5 Å². The molecule has 0 heterocycles. The van der Waals surface area contributed by atoms with Crippen molar-refractivity contribution in [1.82, 2.24) is 0 Å². The largest absolute Gasteiger partial charge is 0.414 e. The second-order valence-electron chi connectivity index (χ2n) is 12.8. The minimum absolute atomic E-state index is 0.163. The fraction of sp³-hybridized carbons (Fsp3) is 0.923. The summed E-state index contributed by atoms with van der Waals surface area (Å²) in [5, 5.41) is 0.291. The van der Waals surface area contributed by atoms with Gasteiger partial charge in [-0.15, -0.1) is 0 Å². The van der Waals surface area contributed by atoms with Crippen LogP contribution in [0.2, 0.25) is 18.1 Å². The number of ether oxygens (including phenoxy) is 2. The quantitative estimate of drug-likeness (QED) is 0.226. The second kappa shape index (κ2) is 8.32. The van der Waals surface area contributed by atoms with Crippen molar-refractivity contribution in [1.29, 1.82) is 0 Å². The maximum Gasteiger partial charge on any atom is 0.192 e. The highest BCUT2D eigenvalue weighted by atomic mass is 28.4. The molecule has 3 aliphatic carbocycles. The van der Waals surface area contributed by atoms with Crippen LogP contribution in [0.5, 0.6) is 0 Å². The molecule has 5 atom stereocenters. The van der Waals surface area contributed by atoms with Crippen molar-refractivity contribution in [3.63, 3.8) is 0 Å². The van der Waals surface area contributed by atoms with Crippen molar-refractivity contribution in [2.45, 2.75) is 116 Å². The third-order valence-electron chi connectivity index (χ3n) is 9.42. The van der Waals surface area contributed by atoms with Gasteiger partial charge in [0.15, 0.2) is 8.32 Å². The minimum Gasteiger partial charge on any atom is -0.414 e. The predicted molar refractivity (Wildman–Crippen MR) is 128 cm³/mol. The molecule has 0 aromatic heterocycles. The second-order valence-corrected chi connectivity index (χ2v) is 17.5. The number of hydrogen-bond donors (Lipinski definition) is 0. The molecule has 3 aliphatic rings. The van der Waals surface area contributed by atoms with Gasteiger partial charge in [0.1, 0.15) is 6.79 Å². The summed E-state index contributed by atoms with van der Waals surface area (Å²) in [7, 11) is -0.0355. The SMILES string of the molecule is COCOC(C)(C)C/C=C\[C@H]1C[C@@]12CC[C@H]1[C@@H](O[Si](C)(C)C(C)(C)C)CCC[C@@]12C. The molecule has 0 unspecified atom stereocenters. The molecular formula is C26H48O3Si. The Morgan fingerprint density at radius 2 is 1.77 bits per heavy atom. The summed E-state index contributed by atoms with van der Waals surface area (Å²) in [4.78, 5) is 0. The maximum atomic E-state index is 7.03. The molecule has 3 nitrogen and oxygen atoms in total. The van der Waals surface area contributed by atoms with E-state index >= 15 is 0 Å². The molecule has 0 radical (unpaired) electrons. The van der Waals surface area contributed by atoms with Crippen molar-refractivity contribution in [3.05, 3.63) is 12.2 Å². The Labute approximate surface area is 187 Å². The zero-order chi connectivity index (χ0) is 22.4. The Hall–Kier alpha value is -0.163. The van der Waals surface area contributed by atoms with E-state index in [9.17, 15) is 0 Å². The van der Waals surface area contributed by atoms with Crippen LogP contribution in [-0.2, 0) is 13.9 Å². The molecule has 174 valence electrons. The third-order valence-corrected chi connectivity index (χ3v) is 13.9. The van der Waals surface area contributed by atoms with E-state index in [2.05, 4.69) is 66.8 Å². The Morgan fingerprint density at radius 3 is 2.40 bits per heavy atom. The first-order chi connectivity index (χ1) is 13.8. The molecule has 0 bridgehead atoms. The highest BCUT2D eigenvalue weighted by Gasteiger charge is 2.70.